The summed E-state index contributed by atoms with van der Waals surface area (Å²) in [7, 11) is 0. The third-order valence-corrected chi connectivity index (χ3v) is 3.19. The van der Waals surface area contributed by atoms with Crippen LogP contribution in [0.25, 0.3) is 0 Å². The summed E-state index contributed by atoms with van der Waals surface area (Å²) in [6.07, 6.45) is 6.17. The number of nitrogens with one attached hydrogen (secondary N) is 1. The Balaban J connectivity index is 1.83. The maximum absolute atomic E-state index is 4.29. The summed E-state index contributed by atoms with van der Waals surface area (Å²) in [5, 5.41) is 3.38. The minimum absolute atomic E-state index is 1.08. The van der Waals surface area contributed by atoms with Gasteiger partial charge in [-0.2, -0.15) is 0 Å². The number of hydrogen-bond donors (Lipinski definition) is 1. The molecule has 1 aromatic heterocycles. The molecule has 16 heavy (non-hydrogen) atoms. The van der Waals surface area contributed by atoms with Gasteiger partial charge in [0.15, 0.2) is 0 Å². The maximum atomic E-state index is 4.29. The van der Waals surface area contributed by atoms with Crippen molar-refractivity contribution < 1.29 is 0 Å². The van der Waals surface area contributed by atoms with Crippen molar-refractivity contribution in [1.29, 1.82) is 0 Å². The van der Waals surface area contributed by atoms with Gasteiger partial charge >= 0.3 is 0 Å². The molecule has 0 atom stereocenters. The van der Waals surface area contributed by atoms with Gasteiger partial charge < -0.3 is 10.2 Å². The van der Waals surface area contributed by atoms with Crippen LogP contribution in [0.1, 0.15) is 18.1 Å². The van der Waals surface area contributed by atoms with Crippen LogP contribution in [0.2, 0.25) is 0 Å². The first-order chi connectivity index (χ1) is 7.88. The molecular formula is C13H21N3. The Morgan fingerprint density at radius 2 is 2.00 bits per heavy atom. The molecule has 0 spiro atoms. The van der Waals surface area contributed by atoms with Crippen LogP contribution in [0.4, 0.5) is 0 Å². The standard InChI is InChI=1S/C13H21N3/c1-2-12-9-13(11-15-10-12)3-6-16-7-4-14-5-8-16/h9-11,14H,2-8H2,1H3. The summed E-state index contributed by atoms with van der Waals surface area (Å²) >= 11 is 0. The molecule has 0 bridgehead atoms. The molecule has 88 valence electrons. The van der Waals surface area contributed by atoms with Crippen molar-refractivity contribution in [2.24, 2.45) is 0 Å². The highest BCUT2D eigenvalue weighted by molar-refractivity contribution is 5.18. The van der Waals surface area contributed by atoms with E-state index in [2.05, 4.69) is 28.2 Å². The van der Waals surface area contributed by atoms with Crippen LogP contribution in [0.3, 0.4) is 0 Å². The van der Waals surface area contributed by atoms with E-state index >= 15 is 0 Å². The largest absolute Gasteiger partial charge is 0.314 e. The number of aryl methyl sites for hydroxylation is 1. The fourth-order valence-electron chi connectivity index (χ4n) is 2.09. The van der Waals surface area contributed by atoms with E-state index in [1.165, 1.54) is 24.2 Å². The topological polar surface area (TPSA) is 28.2 Å². The minimum Gasteiger partial charge on any atom is -0.314 e. The van der Waals surface area contributed by atoms with Crippen LogP contribution in [0.15, 0.2) is 18.5 Å². The Bertz CT molecular complexity index is 319. The predicted octanol–water partition coefficient (Wildman–Crippen LogP) is 1.09. The monoisotopic (exact) mass is 219 g/mol. The molecule has 0 unspecified atom stereocenters. The fourth-order valence-corrected chi connectivity index (χ4v) is 2.09. The molecule has 1 aromatic rings. The fraction of sp³-hybridized carbons (Fsp3) is 0.615. The van der Waals surface area contributed by atoms with Crippen molar-refractivity contribution in [3.63, 3.8) is 0 Å². The number of nitrogens with zero attached hydrogens (tertiary/aromatic N) is 2. The van der Waals surface area contributed by atoms with E-state index in [9.17, 15) is 0 Å². The molecule has 2 rings (SSSR count). The lowest BCUT2D eigenvalue weighted by Gasteiger charge is -2.27. The van der Waals surface area contributed by atoms with E-state index < -0.39 is 0 Å². The van der Waals surface area contributed by atoms with E-state index in [0.29, 0.717) is 0 Å². The van der Waals surface area contributed by atoms with Gasteiger partial charge in [-0.15, -0.1) is 0 Å². The van der Waals surface area contributed by atoms with E-state index in [1.807, 2.05) is 12.4 Å². The van der Waals surface area contributed by atoms with Gasteiger partial charge in [-0.25, -0.2) is 0 Å². The maximum Gasteiger partial charge on any atom is 0.0300 e. The Morgan fingerprint density at radius 3 is 2.75 bits per heavy atom. The van der Waals surface area contributed by atoms with Crippen LogP contribution in [0.5, 0.6) is 0 Å². The zero-order valence-electron chi connectivity index (χ0n) is 10.1. The van der Waals surface area contributed by atoms with Crippen LogP contribution in [-0.4, -0.2) is 42.6 Å². The van der Waals surface area contributed by atoms with Gasteiger partial charge in [0.05, 0.1) is 0 Å². The second kappa shape index (κ2) is 5.97. The Kier molecular flexibility index (Phi) is 4.31. The van der Waals surface area contributed by atoms with Crippen molar-refractivity contribution in [2.45, 2.75) is 19.8 Å². The van der Waals surface area contributed by atoms with Crippen molar-refractivity contribution in [3.8, 4) is 0 Å². The molecular weight excluding hydrogens is 198 g/mol. The quantitative estimate of drug-likeness (QED) is 0.821. The molecule has 1 aliphatic rings. The average molecular weight is 219 g/mol. The first kappa shape index (κ1) is 11.6. The minimum atomic E-state index is 1.08. The van der Waals surface area contributed by atoms with E-state index in [0.717, 1.165) is 32.5 Å². The molecule has 1 fully saturated rings. The number of pyridine rings is 1. The Morgan fingerprint density at radius 1 is 1.25 bits per heavy atom. The number of hydrogen-bond acceptors (Lipinski definition) is 3. The zero-order valence-corrected chi connectivity index (χ0v) is 10.1. The average Bonchev–Trinajstić information content (AvgIpc) is 2.38. The normalized spacial score (nSPS) is 17.6. The third-order valence-electron chi connectivity index (χ3n) is 3.19. The summed E-state index contributed by atoms with van der Waals surface area (Å²) in [6, 6.07) is 2.29. The molecule has 0 aliphatic carbocycles. The van der Waals surface area contributed by atoms with Gasteiger partial charge in [-0.1, -0.05) is 13.0 Å². The molecule has 0 saturated carbocycles. The molecule has 1 aliphatic heterocycles. The van der Waals surface area contributed by atoms with Crippen molar-refractivity contribution in [2.75, 3.05) is 32.7 Å². The Hall–Kier alpha value is -0.930. The second-order valence-corrected chi connectivity index (χ2v) is 4.40. The summed E-state index contributed by atoms with van der Waals surface area (Å²) in [6.45, 7) is 7.97. The molecule has 1 saturated heterocycles. The highest BCUT2D eigenvalue weighted by Gasteiger charge is 2.08. The van der Waals surface area contributed by atoms with Gasteiger partial charge in [0.25, 0.3) is 0 Å². The van der Waals surface area contributed by atoms with Gasteiger partial charge in [-0.05, 0) is 24.0 Å². The summed E-state index contributed by atoms with van der Waals surface area (Å²) in [4.78, 5) is 6.81. The van der Waals surface area contributed by atoms with Gasteiger partial charge in [0.1, 0.15) is 0 Å². The van der Waals surface area contributed by atoms with Gasteiger partial charge in [-0.3, -0.25) is 4.98 Å². The van der Waals surface area contributed by atoms with Gasteiger partial charge in [0.2, 0.25) is 0 Å². The smallest absolute Gasteiger partial charge is 0.0300 e. The van der Waals surface area contributed by atoms with Crippen LogP contribution < -0.4 is 5.32 Å². The number of rotatable bonds is 4. The molecule has 0 amide bonds. The van der Waals surface area contributed by atoms with E-state index in [-0.39, 0.29) is 0 Å². The summed E-state index contributed by atoms with van der Waals surface area (Å²) in [5.74, 6) is 0. The summed E-state index contributed by atoms with van der Waals surface area (Å²) < 4.78 is 0. The molecule has 0 radical (unpaired) electrons. The molecule has 2 heterocycles. The number of piperazine rings is 1. The second-order valence-electron chi connectivity index (χ2n) is 4.40. The number of aromatic nitrogens is 1. The molecule has 3 heteroatoms. The van der Waals surface area contributed by atoms with E-state index in [1.54, 1.807) is 0 Å². The first-order valence-electron chi connectivity index (χ1n) is 6.24. The van der Waals surface area contributed by atoms with Crippen LogP contribution >= 0.6 is 0 Å². The lowest BCUT2D eigenvalue weighted by atomic mass is 10.1. The van der Waals surface area contributed by atoms with Crippen molar-refractivity contribution in [3.05, 3.63) is 29.6 Å². The molecule has 0 aromatic carbocycles. The first-order valence-corrected chi connectivity index (χ1v) is 6.24. The van der Waals surface area contributed by atoms with E-state index in [4.69, 9.17) is 0 Å². The highest BCUT2D eigenvalue weighted by Crippen LogP contribution is 2.05. The lowest BCUT2D eigenvalue weighted by Crippen LogP contribution is -2.44. The molecule has 3 nitrogen and oxygen atoms in total. The van der Waals surface area contributed by atoms with Gasteiger partial charge in [0, 0.05) is 45.1 Å². The SMILES string of the molecule is CCc1cncc(CCN2CCNCC2)c1. The third kappa shape index (κ3) is 3.29. The zero-order chi connectivity index (χ0) is 11.2. The highest BCUT2D eigenvalue weighted by atomic mass is 15.2. The van der Waals surface area contributed by atoms with Crippen molar-refractivity contribution in [1.82, 2.24) is 15.2 Å². The van der Waals surface area contributed by atoms with Crippen LogP contribution in [-0.2, 0) is 12.8 Å². The lowest BCUT2D eigenvalue weighted by molar-refractivity contribution is 0.244. The van der Waals surface area contributed by atoms with Crippen LogP contribution in [0, 0.1) is 0 Å². The van der Waals surface area contributed by atoms with Crippen molar-refractivity contribution >= 4 is 0 Å². The predicted molar refractivity (Wildman–Crippen MR) is 66.6 cm³/mol. The molecule has 1 N–H and O–H groups in total. The Labute approximate surface area is 97.9 Å². The summed E-state index contributed by atoms with van der Waals surface area (Å²) in [5.41, 5.74) is 2.72.